The first-order chi connectivity index (χ1) is 7.05. The molecule has 0 nitrogen and oxygen atoms in total. The second-order valence-corrected chi connectivity index (χ2v) is 13.3. The molecule has 0 rings (SSSR count). The largest absolute Gasteiger partial charge is 0.152 e. The summed E-state index contributed by atoms with van der Waals surface area (Å²) in [5.41, 5.74) is 0. The molecule has 0 fully saturated rings. The van der Waals surface area contributed by atoms with Crippen LogP contribution in [0, 0.1) is 0 Å². The van der Waals surface area contributed by atoms with Crippen molar-refractivity contribution in [2.24, 2.45) is 0 Å². The van der Waals surface area contributed by atoms with E-state index in [9.17, 15) is 0 Å². The third-order valence-electron chi connectivity index (χ3n) is 3.53. The minimum absolute atomic E-state index is 0.227. The van der Waals surface area contributed by atoms with Crippen molar-refractivity contribution < 1.29 is 0 Å². The summed E-state index contributed by atoms with van der Waals surface area (Å²) in [6.07, 6.45) is 2.89. The monoisotopic (exact) mass is 258 g/mol. The molecule has 0 aromatic heterocycles. The Morgan fingerprint density at radius 2 is 0.938 bits per heavy atom. The first kappa shape index (κ1) is 17.0. The molecule has 0 bridgehead atoms. The number of hydrogen-bond donors (Lipinski definition) is 0. The van der Waals surface area contributed by atoms with E-state index in [2.05, 4.69) is 54.9 Å². The van der Waals surface area contributed by atoms with Gasteiger partial charge in [-0.2, -0.15) is 0 Å². The predicted molar refractivity (Wildman–Crippen MR) is 89.1 cm³/mol. The van der Waals surface area contributed by atoms with E-state index in [-0.39, 0.29) is 15.6 Å². The summed E-state index contributed by atoms with van der Waals surface area (Å²) in [6.45, 7) is 22.2. The van der Waals surface area contributed by atoms with Crippen molar-refractivity contribution in [3.8, 4) is 0 Å². The molecular weight excluding hydrogens is 228 g/mol. The van der Waals surface area contributed by atoms with Gasteiger partial charge in [0.05, 0.1) is 0 Å². The summed E-state index contributed by atoms with van der Waals surface area (Å²) in [5.74, 6) is 0. The smallest absolute Gasteiger partial charge is 0.142 e. The zero-order chi connectivity index (χ0) is 13.0. The standard InChI is InChI=1S/C12H30B2P2/c1-11(2,3)15(7)13-9-10-14-16(8)12(4,5)6/h13-14H,9-10H2,1-8H3. The highest BCUT2D eigenvalue weighted by molar-refractivity contribution is 7.87. The molecule has 0 aliphatic carbocycles. The van der Waals surface area contributed by atoms with Crippen LogP contribution in [0.15, 0.2) is 0 Å². The van der Waals surface area contributed by atoms with Gasteiger partial charge in [-0.1, -0.05) is 67.5 Å². The second-order valence-electron chi connectivity index (χ2n) is 6.89. The topological polar surface area (TPSA) is 0 Å². The third-order valence-corrected chi connectivity index (χ3v) is 10.1. The average Bonchev–Trinajstić information content (AvgIpc) is 2.08. The van der Waals surface area contributed by atoms with Crippen molar-refractivity contribution in [1.82, 2.24) is 0 Å². The highest BCUT2D eigenvalue weighted by Crippen LogP contribution is 2.47. The van der Waals surface area contributed by atoms with Crippen molar-refractivity contribution in [2.45, 2.75) is 64.5 Å². The van der Waals surface area contributed by atoms with Gasteiger partial charge in [-0.3, -0.25) is 0 Å². The summed E-state index contributed by atoms with van der Waals surface area (Å²) < 4.78 is 0. The Morgan fingerprint density at radius 3 is 1.12 bits per heavy atom. The van der Waals surface area contributed by atoms with E-state index >= 15 is 0 Å². The maximum Gasteiger partial charge on any atom is 0.152 e. The molecular formula is C12H30B2P2. The number of hydrogen-bond acceptors (Lipinski definition) is 0. The molecule has 0 N–H and O–H groups in total. The van der Waals surface area contributed by atoms with E-state index in [0.717, 1.165) is 0 Å². The van der Waals surface area contributed by atoms with Crippen molar-refractivity contribution in [3.05, 3.63) is 0 Å². The Labute approximate surface area is 108 Å². The molecule has 0 amide bonds. The Bertz CT molecular complexity index is 172. The van der Waals surface area contributed by atoms with Gasteiger partial charge in [-0.15, -0.1) is 15.6 Å². The molecule has 0 aliphatic rings. The lowest BCUT2D eigenvalue weighted by Gasteiger charge is -2.29. The molecule has 0 saturated heterocycles. The van der Waals surface area contributed by atoms with Gasteiger partial charge in [-0.05, 0) is 10.3 Å². The second kappa shape index (κ2) is 6.80. The predicted octanol–water partition coefficient (Wildman–Crippen LogP) is 4.35. The van der Waals surface area contributed by atoms with E-state index in [1.54, 1.807) is 0 Å². The Morgan fingerprint density at radius 1 is 0.688 bits per heavy atom. The molecule has 2 unspecified atom stereocenters. The van der Waals surface area contributed by atoms with Crippen LogP contribution in [0.4, 0.5) is 0 Å². The van der Waals surface area contributed by atoms with Crippen molar-refractivity contribution >= 4 is 29.6 Å². The Hall–Kier alpha value is 0.990. The zero-order valence-electron chi connectivity index (χ0n) is 12.7. The quantitative estimate of drug-likeness (QED) is 0.390. The normalized spacial score (nSPS) is 16.8. The van der Waals surface area contributed by atoms with Gasteiger partial charge in [0, 0.05) is 0 Å². The highest BCUT2D eigenvalue weighted by atomic mass is 31.1. The minimum Gasteiger partial charge on any atom is -0.142 e. The fourth-order valence-corrected chi connectivity index (χ4v) is 4.11. The van der Waals surface area contributed by atoms with Gasteiger partial charge in [0.1, 0.15) is 0 Å². The van der Waals surface area contributed by atoms with Gasteiger partial charge >= 0.3 is 0 Å². The van der Waals surface area contributed by atoms with Crippen LogP contribution in [0.3, 0.4) is 0 Å². The lowest BCUT2D eigenvalue weighted by Crippen LogP contribution is -2.15. The molecule has 16 heavy (non-hydrogen) atoms. The summed E-state index contributed by atoms with van der Waals surface area (Å²) in [4.78, 5) is 0. The third kappa shape index (κ3) is 7.34. The maximum absolute atomic E-state index is 2.47. The fourth-order valence-electron chi connectivity index (χ4n) is 1.37. The molecule has 4 heteroatoms. The SMILES string of the molecule is CP(BCCBP(C)C(C)(C)C)C(C)(C)C. The molecule has 0 aromatic rings. The van der Waals surface area contributed by atoms with Crippen LogP contribution in [0.1, 0.15) is 41.5 Å². The maximum atomic E-state index is 2.47. The van der Waals surface area contributed by atoms with Crippen LogP contribution in [0.5, 0.6) is 0 Å². The highest BCUT2D eigenvalue weighted by Gasteiger charge is 2.21. The van der Waals surface area contributed by atoms with E-state index in [0.29, 0.717) is 10.3 Å². The Kier molecular flexibility index (Phi) is 7.22. The fraction of sp³-hybridized carbons (Fsp3) is 1.00. The van der Waals surface area contributed by atoms with Crippen LogP contribution in [-0.4, -0.2) is 37.6 Å². The van der Waals surface area contributed by atoms with Crippen LogP contribution in [0.2, 0.25) is 12.6 Å². The van der Waals surface area contributed by atoms with Gasteiger partial charge < -0.3 is 0 Å². The van der Waals surface area contributed by atoms with E-state index < -0.39 is 0 Å². The molecule has 2 atom stereocenters. The molecule has 0 heterocycles. The van der Waals surface area contributed by atoms with Gasteiger partial charge in [-0.25, -0.2) is 0 Å². The van der Waals surface area contributed by atoms with Gasteiger partial charge in [0.15, 0.2) is 14.0 Å². The Balaban J connectivity index is 3.70. The van der Waals surface area contributed by atoms with Crippen LogP contribution in [-0.2, 0) is 0 Å². The van der Waals surface area contributed by atoms with Gasteiger partial charge in [0.2, 0.25) is 0 Å². The van der Waals surface area contributed by atoms with Crippen LogP contribution in [0.25, 0.3) is 0 Å². The minimum atomic E-state index is 0.227. The van der Waals surface area contributed by atoms with Crippen LogP contribution < -0.4 is 0 Å². The molecule has 0 aliphatic heterocycles. The average molecular weight is 258 g/mol. The van der Waals surface area contributed by atoms with Gasteiger partial charge in [0.25, 0.3) is 0 Å². The summed E-state index contributed by atoms with van der Waals surface area (Å²) in [7, 11) is 0.453. The van der Waals surface area contributed by atoms with E-state index in [1.165, 1.54) is 26.6 Å². The first-order valence-electron chi connectivity index (χ1n) is 6.47. The van der Waals surface area contributed by atoms with E-state index in [1.807, 2.05) is 0 Å². The molecule has 94 valence electrons. The van der Waals surface area contributed by atoms with Crippen LogP contribution >= 0.6 is 15.6 Å². The summed E-state index contributed by atoms with van der Waals surface area (Å²) >= 11 is 0. The lowest BCUT2D eigenvalue weighted by molar-refractivity contribution is 0.792. The summed E-state index contributed by atoms with van der Waals surface area (Å²) in [6, 6.07) is 0. The van der Waals surface area contributed by atoms with E-state index in [4.69, 9.17) is 0 Å². The molecule has 0 saturated carbocycles. The molecule has 0 aromatic carbocycles. The van der Waals surface area contributed by atoms with Crippen molar-refractivity contribution in [3.63, 3.8) is 0 Å². The first-order valence-corrected chi connectivity index (χ1v) is 10.4. The van der Waals surface area contributed by atoms with Crippen molar-refractivity contribution in [1.29, 1.82) is 0 Å². The molecule has 0 radical (unpaired) electrons. The zero-order valence-corrected chi connectivity index (χ0v) is 14.5. The number of rotatable bonds is 5. The molecule has 0 spiro atoms. The summed E-state index contributed by atoms with van der Waals surface area (Å²) in [5, 5.41) is 1.10. The lowest BCUT2D eigenvalue weighted by atomic mass is 9.88. The van der Waals surface area contributed by atoms with Crippen molar-refractivity contribution in [2.75, 3.05) is 13.3 Å².